The summed E-state index contributed by atoms with van der Waals surface area (Å²) in [6.07, 6.45) is 0.236. The van der Waals surface area contributed by atoms with Crippen LogP contribution >= 0.6 is 11.8 Å². The molecule has 0 saturated carbocycles. The molecule has 25 heavy (non-hydrogen) atoms. The number of nitrogens with two attached hydrogens (primary N) is 1. The highest BCUT2D eigenvalue weighted by molar-refractivity contribution is 8.04. The Morgan fingerprint density at radius 2 is 1.92 bits per heavy atom. The zero-order chi connectivity index (χ0) is 17.3. The molecule has 5 nitrogen and oxygen atoms in total. The molecule has 0 radical (unpaired) electrons. The molecule has 2 N–H and O–H groups in total. The minimum absolute atomic E-state index is 0.0303. The lowest BCUT2D eigenvalue weighted by atomic mass is 9.89. The summed E-state index contributed by atoms with van der Waals surface area (Å²) in [5, 5.41) is 0.0303. The fraction of sp³-hybridized carbons (Fsp3) is 0.765. The van der Waals surface area contributed by atoms with Gasteiger partial charge in [0.15, 0.2) is 0 Å². The van der Waals surface area contributed by atoms with Gasteiger partial charge in [-0.2, -0.15) is 4.99 Å². The fourth-order valence-electron chi connectivity index (χ4n) is 5.08. The quantitative estimate of drug-likeness (QED) is 0.709. The van der Waals surface area contributed by atoms with Crippen molar-refractivity contribution in [2.75, 3.05) is 33.2 Å². The second-order valence-electron chi connectivity index (χ2n) is 8.07. The number of amidine groups is 1. The Morgan fingerprint density at radius 3 is 2.64 bits per heavy atom. The van der Waals surface area contributed by atoms with Crippen molar-refractivity contribution < 1.29 is 8.78 Å². The van der Waals surface area contributed by atoms with E-state index in [0.29, 0.717) is 18.3 Å². The smallest absolute Gasteiger partial charge is 0.252 e. The zero-order valence-electron chi connectivity index (χ0n) is 14.3. The first-order chi connectivity index (χ1) is 11.9. The van der Waals surface area contributed by atoms with E-state index < -0.39 is 5.92 Å². The second-order valence-corrected chi connectivity index (χ2v) is 9.30. The number of nitrogens with zero attached hydrogens (tertiary/aromatic N) is 4. The molecule has 4 aliphatic heterocycles. The molecule has 1 aliphatic carbocycles. The lowest BCUT2D eigenvalue weighted by molar-refractivity contribution is -0.0119. The van der Waals surface area contributed by atoms with Crippen molar-refractivity contribution in [1.82, 2.24) is 9.80 Å². The molecule has 0 bridgehead atoms. The molecule has 8 heteroatoms. The zero-order valence-corrected chi connectivity index (χ0v) is 15.1. The van der Waals surface area contributed by atoms with Gasteiger partial charge in [0.05, 0.1) is 11.3 Å². The molecule has 2 fully saturated rings. The van der Waals surface area contributed by atoms with Gasteiger partial charge in [0.25, 0.3) is 5.92 Å². The maximum atomic E-state index is 13.9. The summed E-state index contributed by atoms with van der Waals surface area (Å²) in [5.41, 5.74) is 6.79. The molecule has 5 aliphatic rings. The summed E-state index contributed by atoms with van der Waals surface area (Å²) >= 11 is 1.71. The third-order valence-electron chi connectivity index (χ3n) is 6.19. The highest BCUT2D eigenvalue weighted by atomic mass is 32.2. The van der Waals surface area contributed by atoms with E-state index in [1.807, 2.05) is 0 Å². The summed E-state index contributed by atoms with van der Waals surface area (Å²) < 4.78 is 27.8. The molecule has 0 aromatic carbocycles. The van der Waals surface area contributed by atoms with Crippen LogP contribution in [-0.4, -0.2) is 72.0 Å². The molecule has 0 aromatic heterocycles. The van der Waals surface area contributed by atoms with Crippen LogP contribution in [0.1, 0.15) is 19.3 Å². The Labute approximate surface area is 150 Å². The van der Waals surface area contributed by atoms with Crippen LogP contribution in [-0.2, 0) is 0 Å². The number of guanidine groups is 1. The van der Waals surface area contributed by atoms with Crippen molar-refractivity contribution in [3.63, 3.8) is 0 Å². The summed E-state index contributed by atoms with van der Waals surface area (Å²) in [4.78, 5) is 14.9. The van der Waals surface area contributed by atoms with E-state index in [-0.39, 0.29) is 30.1 Å². The summed E-state index contributed by atoms with van der Waals surface area (Å²) in [5.74, 6) is -0.0530. The topological polar surface area (TPSA) is 57.2 Å². The molecule has 4 atom stereocenters. The van der Waals surface area contributed by atoms with Gasteiger partial charge in [0, 0.05) is 39.0 Å². The molecule has 0 amide bonds. The molecular formula is C17H23F2N5S. The van der Waals surface area contributed by atoms with Crippen LogP contribution in [0.3, 0.4) is 0 Å². The summed E-state index contributed by atoms with van der Waals surface area (Å²) in [6.45, 7) is 4.23. The van der Waals surface area contributed by atoms with Crippen molar-refractivity contribution in [1.29, 1.82) is 0 Å². The number of allylic oxidation sites excluding steroid dienone is 1. The maximum absolute atomic E-state index is 13.9. The molecule has 0 aromatic rings. The van der Waals surface area contributed by atoms with E-state index >= 15 is 0 Å². The Kier molecular flexibility index (Phi) is 3.48. The van der Waals surface area contributed by atoms with Crippen LogP contribution in [0.5, 0.6) is 0 Å². The van der Waals surface area contributed by atoms with Gasteiger partial charge in [-0.3, -0.25) is 0 Å². The number of alkyl halides is 2. The Morgan fingerprint density at radius 1 is 1.20 bits per heavy atom. The van der Waals surface area contributed by atoms with Crippen molar-refractivity contribution >= 4 is 23.6 Å². The van der Waals surface area contributed by atoms with Crippen molar-refractivity contribution in [2.24, 2.45) is 27.6 Å². The second kappa shape index (κ2) is 5.42. The minimum atomic E-state index is -2.61. The van der Waals surface area contributed by atoms with Crippen LogP contribution in [0, 0.1) is 11.8 Å². The third-order valence-corrected chi connectivity index (χ3v) is 7.66. The highest BCUT2D eigenvalue weighted by Crippen LogP contribution is 2.52. The van der Waals surface area contributed by atoms with Gasteiger partial charge >= 0.3 is 0 Å². The maximum Gasteiger partial charge on any atom is 0.252 e. The average molecular weight is 367 g/mol. The first-order valence-electron chi connectivity index (χ1n) is 9.01. The van der Waals surface area contributed by atoms with Crippen LogP contribution in [0.2, 0.25) is 0 Å². The first-order valence-corrected chi connectivity index (χ1v) is 9.89. The molecule has 4 heterocycles. The highest BCUT2D eigenvalue weighted by Gasteiger charge is 2.50. The molecule has 0 spiro atoms. The van der Waals surface area contributed by atoms with Crippen LogP contribution < -0.4 is 5.73 Å². The van der Waals surface area contributed by atoms with Gasteiger partial charge in [0.2, 0.25) is 5.96 Å². The molecule has 2 saturated heterocycles. The minimum Gasteiger partial charge on any atom is -0.368 e. The van der Waals surface area contributed by atoms with E-state index in [1.54, 1.807) is 11.8 Å². The van der Waals surface area contributed by atoms with Crippen LogP contribution in [0.4, 0.5) is 8.78 Å². The average Bonchev–Trinajstić information content (AvgIpc) is 3.16. The van der Waals surface area contributed by atoms with Gasteiger partial charge < -0.3 is 15.5 Å². The Hall–Kier alpha value is -1.15. The van der Waals surface area contributed by atoms with E-state index in [9.17, 15) is 8.78 Å². The monoisotopic (exact) mass is 367 g/mol. The summed E-state index contributed by atoms with van der Waals surface area (Å²) in [7, 11) is 2.17. The number of likely N-dealkylation sites (tertiary alicyclic amines) is 2. The van der Waals surface area contributed by atoms with E-state index in [2.05, 4.69) is 26.8 Å². The van der Waals surface area contributed by atoms with Crippen LogP contribution in [0.25, 0.3) is 0 Å². The number of hydrogen-bond donors (Lipinski definition) is 1. The van der Waals surface area contributed by atoms with E-state index in [4.69, 9.17) is 5.73 Å². The lowest BCUT2D eigenvalue weighted by Crippen LogP contribution is -2.46. The third kappa shape index (κ3) is 2.60. The molecule has 5 rings (SSSR count). The normalized spacial score (nSPS) is 39.9. The standard InChI is InChI=1S/C17H23F2N5S/c1-23-5-9-7-24(8-10(9)6-23)15-14-13(21-16(20)22-15)11-4-17(18,19)3-2-12(11)25-14/h9-10,13-14H,2-8H2,1H3,(H2,20,21). The largest absolute Gasteiger partial charge is 0.368 e. The summed E-state index contributed by atoms with van der Waals surface area (Å²) in [6, 6.07) is -0.248. The number of aliphatic imine (C=N–C) groups is 2. The predicted octanol–water partition coefficient (Wildman–Crippen LogP) is 1.76. The van der Waals surface area contributed by atoms with E-state index in [0.717, 1.165) is 42.5 Å². The Balaban J connectivity index is 1.40. The number of thioether (sulfide) groups is 1. The van der Waals surface area contributed by atoms with Gasteiger partial charge in [-0.25, -0.2) is 13.8 Å². The number of halogens is 2. The van der Waals surface area contributed by atoms with E-state index in [1.165, 1.54) is 0 Å². The fourth-order valence-corrected chi connectivity index (χ4v) is 6.62. The lowest BCUT2D eigenvalue weighted by Gasteiger charge is -2.31. The Bertz CT molecular complexity index is 689. The molecular weight excluding hydrogens is 344 g/mol. The molecule has 4 unspecified atom stereocenters. The van der Waals surface area contributed by atoms with Crippen molar-refractivity contribution in [3.8, 4) is 0 Å². The van der Waals surface area contributed by atoms with Crippen molar-refractivity contribution in [2.45, 2.75) is 36.5 Å². The van der Waals surface area contributed by atoms with Crippen LogP contribution in [0.15, 0.2) is 20.5 Å². The predicted molar refractivity (Wildman–Crippen MR) is 96.1 cm³/mol. The van der Waals surface area contributed by atoms with Gasteiger partial charge in [0.1, 0.15) is 5.84 Å². The van der Waals surface area contributed by atoms with Gasteiger partial charge in [-0.1, -0.05) is 0 Å². The number of hydrogen-bond acceptors (Lipinski definition) is 6. The SMILES string of the molecule is CN1CC2CN(C3=NC(N)=NC4C5=C(CCC(F)(F)C5)SC34)CC2C1. The number of rotatable bonds is 0. The number of fused-ring (bicyclic) bond motifs is 3. The van der Waals surface area contributed by atoms with Crippen molar-refractivity contribution in [3.05, 3.63) is 10.5 Å². The van der Waals surface area contributed by atoms with Gasteiger partial charge in [-0.05, 0) is 35.8 Å². The molecule has 136 valence electrons. The van der Waals surface area contributed by atoms with Gasteiger partial charge in [-0.15, -0.1) is 11.8 Å². The first kappa shape index (κ1) is 16.1.